The Morgan fingerprint density at radius 1 is 0.960 bits per heavy atom. The van der Waals surface area contributed by atoms with Gasteiger partial charge in [0.2, 0.25) is 0 Å². The topological polar surface area (TPSA) is 87.9 Å². The third-order valence-electron chi connectivity index (χ3n) is 2.97. The van der Waals surface area contributed by atoms with E-state index >= 15 is 0 Å². The molecule has 2 aromatic rings. The van der Waals surface area contributed by atoms with E-state index in [-0.39, 0.29) is 0 Å². The van der Waals surface area contributed by atoms with E-state index in [2.05, 4.69) is 32.1 Å². The number of ether oxygens (including phenoxy) is 3. The lowest BCUT2D eigenvalue weighted by atomic mass is 10.2. The van der Waals surface area contributed by atoms with E-state index < -0.39 is 11.9 Å². The van der Waals surface area contributed by atoms with Gasteiger partial charge in [0, 0.05) is 15.3 Å². The summed E-state index contributed by atoms with van der Waals surface area (Å²) in [6, 6.07) is 9.93. The molecule has 0 saturated carbocycles. The monoisotopic (exact) mass is 477 g/mol. The van der Waals surface area contributed by atoms with Crippen LogP contribution in [0.4, 0.5) is 5.69 Å². The van der Waals surface area contributed by atoms with Crippen LogP contribution >= 0.6 is 34.2 Å². The van der Waals surface area contributed by atoms with Gasteiger partial charge in [-0.3, -0.25) is 0 Å². The second-order valence-electron chi connectivity index (χ2n) is 4.57. The van der Waals surface area contributed by atoms with Crippen LogP contribution in [-0.4, -0.2) is 33.3 Å². The Morgan fingerprint density at radius 2 is 1.52 bits per heavy atom. The van der Waals surface area contributed by atoms with Gasteiger partial charge < -0.3 is 19.9 Å². The molecule has 0 aliphatic heterocycles. The van der Waals surface area contributed by atoms with Crippen LogP contribution in [-0.2, 0) is 9.47 Å². The molecule has 6 nitrogen and oxygen atoms in total. The fourth-order valence-corrected chi connectivity index (χ4v) is 2.68. The molecule has 0 spiro atoms. The van der Waals surface area contributed by atoms with Crippen molar-refractivity contribution in [1.82, 2.24) is 0 Å². The Labute approximate surface area is 164 Å². The Hall–Kier alpha value is -2.00. The molecule has 0 aliphatic carbocycles. The number of rotatable bonds is 3. The lowest BCUT2D eigenvalue weighted by Gasteiger charge is -2.06. The van der Waals surface area contributed by atoms with E-state index in [1.165, 1.54) is 21.3 Å². The highest BCUT2D eigenvalue weighted by atomic mass is 127. The number of nitrogen functional groups attached to an aromatic ring is 1. The third kappa shape index (κ3) is 6.09. The second-order valence-corrected chi connectivity index (χ2v) is 6.22. The number of hydrogen-bond donors (Lipinski definition) is 1. The number of methoxy groups -OCH3 is 3. The van der Waals surface area contributed by atoms with Gasteiger partial charge in [0.15, 0.2) is 0 Å². The van der Waals surface area contributed by atoms with Crippen LogP contribution in [0, 0.1) is 3.57 Å². The number of carbonyl (C=O) groups excluding carboxylic acids is 2. The number of esters is 2. The zero-order valence-electron chi connectivity index (χ0n) is 13.8. The summed E-state index contributed by atoms with van der Waals surface area (Å²) in [6.45, 7) is 0. The summed E-state index contributed by atoms with van der Waals surface area (Å²) in [5.74, 6) is -0.417. The molecule has 0 heterocycles. The molecular weight excluding hydrogens is 461 g/mol. The van der Waals surface area contributed by atoms with Gasteiger partial charge in [-0.2, -0.15) is 0 Å². The number of anilines is 1. The molecule has 0 saturated heterocycles. The van der Waals surface area contributed by atoms with Gasteiger partial charge in [-0.05, 0) is 52.9 Å². The number of benzene rings is 2. The van der Waals surface area contributed by atoms with E-state index in [9.17, 15) is 9.59 Å². The van der Waals surface area contributed by atoms with Crippen molar-refractivity contribution < 1.29 is 23.8 Å². The average molecular weight is 478 g/mol. The first-order valence-electron chi connectivity index (χ1n) is 6.89. The number of nitrogens with two attached hydrogens (primary N) is 1. The summed E-state index contributed by atoms with van der Waals surface area (Å²) in [5, 5.41) is 0.425. The Morgan fingerprint density at radius 3 is 2.04 bits per heavy atom. The van der Waals surface area contributed by atoms with Crippen LogP contribution in [0.25, 0.3) is 0 Å². The fourth-order valence-electron chi connectivity index (χ4n) is 1.75. The lowest BCUT2D eigenvalue weighted by Crippen LogP contribution is -2.04. The molecule has 0 unspecified atom stereocenters. The van der Waals surface area contributed by atoms with Crippen LogP contribution in [0.5, 0.6) is 5.75 Å². The first-order chi connectivity index (χ1) is 11.8. The van der Waals surface area contributed by atoms with Crippen molar-refractivity contribution in [2.75, 3.05) is 27.1 Å². The largest absolute Gasteiger partial charge is 0.496 e. The molecule has 8 heteroatoms. The van der Waals surface area contributed by atoms with Gasteiger partial charge in [0.1, 0.15) is 11.3 Å². The predicted octanol–water partition coefficient (Wildman–Crippen LogP) is 3.80. The van der Waals surface area contributed by atoms with Crippen LogP contribution in [0.2, 0.25) is 5.02 Å². The molecule has 0 bridgehead atoms. The summed E-state index contributed by atoms with van der Waals surface area (Å²) in [5.41, 5.74) is 6.84. The summed E-state index contributed by atoms with van der Waals surface area (Å²) >= 11 is 7.92. The molecule has 0 radical (unpaired) electrons. The van der Waals surface area contributed by atoms with Gasteiger partial charge in [-0.25, -0.2) is 9.59 Å². The standard InChI is InChI=1S/C9H11NO3.C8H6ClIO2/c1-12-8-5-6(10)3-4-7(8)9(11)13-2;1-12-8(11)6-3-2-5(10)4-7(6)9/h3-5H,10H2,1-2H3;2-4H,1H3. The minimum atomic E-state index is -0.433. The molecule has 134 valence electrons. The van der Waals surface area contributed by atoms with Gasteiger partial charge in [-0.1, -0.05) is 11.6 Å². The van der Waals surface area contributed by atoms with Crippen LogP contribution < -0.4 is 10.5 Å². The molecule has 2 N–H and O–H groups in total. The highest BCUT2D eigenvalue weighted by Crippen LogP contribution is 2.22. The smallest absolute Gasteiger partial charge is 0.341 e. The van der Waals surface area contributed by atoms with Gasteiger partial charge in [-0.15, -0.1) is 0 Å². The average Bonchev–Trinajstić information content (AvgIpc) is 2.60. The number of halogens is 2. The highest BCUT2D eigenvalue weighted by Gasteiger charge is 2.12. The van der Waals surface area contributed by atoms with Crippen molar-refractivity contribution in [2.45, 2.75) is 0 Å². The van der Waals surface area contributed by atoms with Crippen molar-refractivity contribution in [1.29, 1.82) is 0 Å². The van der Waals surface area contributed by atoms with Gasteiger partial charge >= 0.3 is 11.9 Å². The predicted molar refractivity (Wildman–Crippen MR) is 104 cm³/mol. The summed E-state index contributed by atoms with van der Waals surface area (Å²) in [7, 11) is 4.12. The zero-order chi connectivity index (χ0) is 19.0. The maximum atomic E-state index is 11.2. The molecule has 2 rings (SSSR count). The van der Waals surface area contributed by atoms with Crippen molar-refractivity contribution in [3.63, 3.8) is 0 Å². The Bertz CT molecular complexity index is 767. The van der Waals surface area contributed by atoms with E-state index in [1.54, 1.807) is 36.4 Å². The second kappa shape index (κ2) is 10.1. The minimum absolute atomic E-state index is 0.374. The molecule has 0 aliphatic rings. The zero-order valence-corrected chi connectivity index (χ0v) is 16.8. The quantitative estimate of drug-likeness (QED) is 0.411. The molecule has 25 heavy (non-hydrogen) atoms. The van der Waals surface area contributed by atoms with E-state index in [1.807, 2.05) is 0 Å². The summed E-state index contributed by atoms with van der Waals surface area (Å²) < 4.78 is 15.0. The first kappa shape index (κ1) is 21.0. The normalized spacial score (nSPS) is 9.48. The van der Waals surface area contributed by atoms with Crippen LogP contribution in [0.3, 0.4) is 0 Å². The van der Waals surface area contributed by atoms with Crippen molar-refractivity contribution in [3.8, 4) is 5.75 Å². The first-order valence-corrected chi connectivity index (χ1v) is 8.34. The summed E-state index contributed by atoms with van der Waals surface area (Å²) in [4.78, 5) is 22.2. The molecule has 0 amide bonds. The van der Waals surface area contributed by atoms with Crippen LogP contribution in [0.1, 0.15) is 20.7 Å². The Kier molecular flexibility index (Phi) is 8.50. The number of carbonyl (C=O) groups is 2. The molecule has 0 aromatic heterocycles. The van der Waals surface area contributed by atoms with Crippen molar-refractivity contribution in [3.05, 3.63) is 56.1 Å². The maximum absolute atomic E-state index is 11.2. The fraction of sp³-hybridized carbons (Fsp3) is 0.176. The minimum Gasteiger partial charge on any atom is -0.496 e. The molecule has 0 fully saturated rings. The lowest BCUT2D eigenvalue weighted by molar-refractivity contribution is 0.0589. The Balaban J connectivity index is 0.000000251. The molecular formula is C17H17ClINO5. The van der Waals surface area contributed by atoms with Gasteiger partial charge in [0.05, 0.1) is 31.9 Å². The maximum Gasteiger partial charge on any atom is 0.341 e. The van der Waals surface area contributed by atoms with E-state index in [4.69, 9.17) is 22.1 Å². The molecule has 2 aromatic carbocycles. The highest BCUT2D eigenvalue weighted by molar-refractivity contribution is 14.1. The molecule has 0 atom stereocenters. The van der Waals surface area contributed by atoms with Crippen molar-refractivity contribution >= 4 is 51.8 Å². The SMILES string of the molecule is COC(=O)c1ccc(I)cc1Cl.COC(=O)c1ccc(N)cc1OC. The van der Waals surface area contributed by atoms with Crippen LogP contribution in [0.15, 0.2) is 36.4 Å². The van der Waals surface area contributed by atoms with E-state index in [0.29, 0.717) is 27.6 Å². The van der Waals surface area contributed by atoms with Gasteiger partial charge in [0.25, 0.3) is 0 Å². The third-order valence-corrected chi connectivity index (χ3v) is 3.95. The van der Waals surface area contributed by atoms with Crippen molar-refractivity contribution in [2.24, 2.45) is 0 Å². The summed E-state index contributed by atoms with van der Waals surface area (Å²) in [6.07, 6.45) is 0. The number of hydrogen-bond acceptors (Lipinski definition) is 6. The van der Waals surface area contributed by atoms with E-state index in [0.717, 1.165) is 3.57 Å².